The quantitative estimate of drug-likeness (QED) is 0.207. The number of aliphatic hydroxyl groups excluding tert-OH is 1. The average Bonchev–Trinajstić information content (AvgIpc) is 3.11. The van der Waals surface area contributed by atoms with Gasteiger partial charge in [0.2, 0.25) is 0 Å². The number of ketones is 1. The predicted molar refractivity (Wildman–Crippen MR) is 144 cm³/mol. The Hall–Kier alpha value is -3.28. The Labute approximate surface area is 220 Å². The van der Waals surface area contributed by atoms with Crippen LogP contribution in [0.3, 0.4) is 0 Å². The number of benzene rings is 3. The average molecular weight is 524 g/mol. The summed E-state index contributed by atoms with van der Waals surface area (Å²) in [4.78, 5) is 28.1. The van der Waals surface area contributed by atoms with Crippen molar-refractivity contribution in [2.24, 2.45) is 0 Å². The van der Waals surface area contributed by atoms with Crippen molar-refractivity contribution in [3.05, 3.63) is 98.5 Å². The number of halogens is 2. The molecule has 3 aromatic carbocycles. The van der Waals surface area contributed by atoms with E-state index in [1.807, 2.05) is 39.8 Å². The third kappa shape index (κ3) is 4.73. The molecule has 0 aromatic heterocycles. The zero-order chi connectivity index (χ0) is 26.1. The van der Waals surface area contributed by atoms with Crippen LogP contribution in [0.25, 0.3) is 5.76 Å². The number of Topliss-reactive ketones (excluding diaryl/α,β-unsaturated/α-hetero) is 1. The normalized spacial score (nSPS) is 17.2. The molecule has 0 aliphatic carbocycles. The van der Waals surface area contributed by atoms with E-state index in [0.717, 1.165) is 11.1 Å². The number of aliphatic hydroxyl groups is 1. The predicted octanol–water partition coefficient (Wildman–Crippen LogP) is 7.45. The van der Waals surface area contributed by atoms with Gasteiger partial charge in [-0.1, -0.05) is 60.8 Å². The van der Waals surface area contributed by atoms with Gasteiger partial charge >= 0.3 is 0 Å². The van der Waals surface area contributed by atoms with Gasteiger partial charge in [0, 0.05) is 11.3 Å². The molecular weight excluding hydrogens is 497 g/mol. The van der Waals surface area contributed by atoms with Crippen LogP contribution < -0.4 is 9.64 Å². The Kier molecular flexibility index (Phi) is 7.43. The SMILES string of the molecule is CCOc1ccc(/C(O)=C2/C(=O)C(=O)N(c3ccc(C)cc3)C2c2ccc(Cl)c(Cl)c2)cc1C(C)C. The molecule has 1 saturated heterocycles. The van der Waals surface area contributed by atoms with Gasteiger partial charge in [0.15, 0.2) is 0 Å². The Morgan fingerprint density at radius 3 is 2.31 bits per heavy atom. The molecule has 1 heterocycles. The smallest absolute Gasteiger partial charge is 0.300 e. The molecule has 1 N–H and O–H groups in total. The highest BCUT2D eigenvalue weighted by Crippen LogP contribution is 2.44. The number of rotatable bonds is 6. The molecule has 0 saturated carbocycles. The number of ether oxygens (including phenoxy) is 1. The van der Waals surface area contributed by atoms with Crippen molar-refractivity contribution in [1.82, 2.24) is 0 Å². The summed E-state index contributed by atoms with van der Waals surface area (Å²) in [5.41, 5.74) is 3.40. The Bertz CT molecular complexity index is 1360. The van der Waals surface area contributed by atoms with Crippen LogP contribution in [0.4, 0.5) is 5.69 Å². The monoisotopic (exact) mass is 523 g/mol. The fourth-order valence-corrected chi connectivity index (χ4v) is 4.70. The van der Waals surface area contributed by atoms with Crippen LogP contribution in [0, 0.1) is 6.92 Å². The Balaban J connectivity index is 1.94. The minimum Gasteiger partial charge on any atom is -0.507 e. The molecule has 1 fully saturated rings. The minimum atomic E-state index is -0.892. The number of carbonyl (C=O) groups is 2. The molecule has 1 aliphatic rings. The molecule has 1 amide bonds. The van der Waals surface area contributed by atoms with E-state index < -0.39 is 17.7 Å². The summed E-state index contributed by atoms with van der Waals surface area (Å²) in [7, 11) is 0. The molecule has 5 nitrogen and oxygen atoms in total. The molecule has 36 heavy (non-hydrogen) atoms. The van der Waals surface area contributed by atoms with E-state index in [4.69, 9.17) is 27.9 Å². The van der Waals surface area contributed by atoms with Crippen molar-refractivity contribution in [2.45, 2.75) is 39.7 Å². The van der Waals surface area contributed by atoms with Gasteiger partial charge in [0.05, 0.1) is 28.3 Å². The zero-order valence-corrected chi connectivity index (χ0v) is 22.0. The Morgan fingerprint density at radius 2 is 1.69 bits per heavy atom. The van der Waals surface area contributed by atoms with Crippen LogP contribution in [-0.2, 0) is 9.59 Å². The number of nitrogens with zero attached hydrogens (tertiary/aromatic N) is 1. The molecule has 4 rings (SSSR count). The fraction of sp³-hybridized carbons (Fsp3) is 0.241. The van der Waals surface area contributed by atoms with Crippen LogP contribution >= 0.6 is 23.2 Å². The van der Waals surface area contributed by atoms with Gasteiger partial charge in [-0.2, -0.15) is 0 Å². The van der Waals surface area contributed by atoms with E-state index in [9.17, 15) is 14.7 Å². The summed E-state index contributed by atoms with van der Waals surface area (Å²) in [5, 5.41) is 12.1. The van der Waals surface area contributed by atoms with E-state index >= 15 is 0 Å². The maximum atomic E-state index is 13.4. The summed E-state index contributed by atoms with van der Waals surface area (Å²) < 4.78 is 5.74. The molecule has 0 spiro atoms. The maximum Gasteiger partial charge on any atom is 0.300 e. The second-order valence-electron chi connectivity index (χ2n) is 9.02. The first-order valence-electron chi connectivity index (χ1n) is 11.7. The van der Waals surface area contributed by atoms with E-state index in [1.54, 1.807) is 48.5 Å². The van der Waals surface area contributed by atoms with E-state index in [2.05, 4.69) is 0 Å². The zero-order valence-electron chi connectivity index (χ0n) is 20.5. The maximum absolute atomic E-state index is 13.4. The molecule has 3 aromatic rings. The number of hydrogen-bond acceptors (Lipinski definition) is 4. The summed E-state index contributed by atoms with van der Waals surface area (Å²) in [6.45, 7) is 8.39. The lowest BCUT2D eigenvalue weighted by Crippen LogP contribution is -2.29. The van der Waals surface area contributed by atoms with Crippen LogP contribution in [0.1, 0.15) is 55.0 Å². The first kappa shape index (κ1) is 25.8. The van der Waals surface area contributed by atoms with Crippen molar-refractivity contribution in [2.75, 3.05) is 11.5 Å². The van der Waals surface area contributed by atoms with Crippen LogP contribution in [-0.4, -0.2) is 23.4 Å². The fourth-order valence-electron chi connectivity index (χ4n) is 4.39. The van der Waals surface area contributed by atoms with Crippen molar-refractivity contribution in [3.8, 4) is 5.75 Å². The standard InChI is InChI=1S/C29H27Cl2NO4/c1-5-36-24-13-9-19(14-21(24)16(2)3)27(33)25-26(18-8-12-22(30)23(31)15-18)32(29(35)28(25)34)20-10-6-17(4)7-11-20/h6-16,26,33H,5H2,1-4H3/b27-25-. The summed E-state index contributed by atoms with van der Waals surface area (Å²) in [6, 6.07) is 16.6. The largest absolute Gasteiger partial charge is 0.507 e. The second-order valence-corrected chi connectivity index (χ2v) is 9.83. The third-order valence-electron chi connectivity index (χ3n) is 6.22. The molecule has 1 atom stereocenters. The van der Waals surface area contributed by atoms with Gasteiger partial charge in [0.25, 0.3) is 11.7 Å². The number of hydrogen-bond donors (Lipinski definition) is 1. The molecular formula is C29H27Cl2NO4. The summed E-state index contributed by atoms with van der Waals surface area (Å²) in [6.07, 6.45) is 0. The van der Waals surface area contributed by atoms with Crippen LogP contribution in [0.5, 0.6) is 5.75 Å². The number of aryl methyl sites for hydroxylation is 1. The van der Waals surface area contributed by atoms with Crippen molar-refractivity contribution in [1.29, 1.82) is 0 Å². The third-order valence-corrected chi connectivity index (χ3v) is 6.96. The van der Waals surface area contributed by atoms with Crippen molar-refractivity contribution >= 4 is 46.3 Å². The van der Waals surface area contributed by atoms with Gasteiger partial charge < -0.3 is 9.84 Å². The lowest BCUT2D eigenvalue weighted by Gasteiger charge is -2.26. The van der Waals surface area contributed by atoms with Gasteiger partial charge in [-0.05, 0) is 73.4 Å². The molecule has 7 heteroatoms. The lowest BCUT2D eigenvalue weighted by molar-refractivity contribution is -0.132. The highest BCUT2D eigenvalue weighted by atomic mass is 35.5. The molecule has 0 bridgehead atoms. The molecule has 1 aliphatic heterocycles. The topological polar surface area (TPSA) is 66.8 Å². The molecule has 0 radical (unpaired) electrons. The highest BCUT2D eigenvalue weighted by molar-refractivity contribution is 6.51. The minimum absolute atomic E-state index is 0.0159. The van der Waals surface area contributed by atoms with Crippen molar-refractivity contribution in [3.63, 3.8) is 0 Å². The van der Waals surface area contributed by atoms with Gasteiger partial charge in [-0.15, -0.1) is 0 Å². The summed E-state index contributed by atoms with van der Waals surface area (Å²) in [5.74, 6) is -0.940. The van der Waals surface area contributed by atoms with Crippen LogP contribution in [0.2, 0.25) is 10.0 Å². The van der Waals surface area contributed by atoms with E-state index in [-0.39, 0.29) is 22.3 Å². The second kappa shape index (κ2) is 10.4. The van der Waals surface area contributed by atoms with Crippen LogP contribution in [0.15, 0.2) is 66.2 Å². The van der Waals surface area contributed by atoms with E-state index in [0.29, 0.717) is 34.2 Å². The van der Waals surface area contributed by atoms with E-state index in [1.165, 1.54) is 4.90 Å². The van der Waals surface area contributed by atoms with Crippen molar-refractivity contribution < 1.29 is 19.4 Å². The van der Waals surface area contributed by atoms with Gasteiger partial charge in [-0.3, -0.25) is 14.5 Å². The Morgan fingerprint density at radius 1 is 1.00 bits per heavy atom. The first-order valence-corrected chi connectivity index (χ1v) is 12.5. The van der Waals surface area contributed by atoms with Gasteiger partial charge in [0.1, 0.15) is 11.5 Å². The number of amides is 1. The lowest BCUT2D eigenvalue weighted by atomic mass is 9.93. The molecule has 186 valence electrons. The molecule has 1 unspecified atom stereocenters. The summed E-state index contributed by atoms with van der Waals surface area (Å²) >= 11 is 12.5. The number of carbonyl (C=O) groups excluding carboxylic acids is 2. The van der Waals surface area contributed by atoms with Gasteiger partial charge in [-0.25, -0.2) is 0 Å². The first-order chi connectivity index (χ1) is 17.1. The number of anilines is 1. The highest BCUT2D eigenvalue weighted by Gasteiger charge is 2.47.